The summed E-state index contributed by atoms with van der Waals surface area (Å²) in [5, 5.41) is 11.0. The number of phenols is 1. The van der Waals surface area contributed by atoms with Crippen molar-refractivity contribution in [2.24, 2.45) is 0 Å². The molecule has 1 nitrogen and oxygen atoms in total. The van der Waals surface area contributed by atoms with E-state index in [9.17, 15) is 5.11 Å². The standard InChI is InChI=1S/C19H15ClO/c20-17-11-12-18(21)19(15-9-5-2-6-10-15)16(17)13-14-7-3-1-4-8-14/h1-12,21H,13H2. The number of phenolic OH excluding ortho intramolecular Hbond substituents is 1. The van der Waals surface area contributed by atoms with Gasteiger partial charge in [-0.25, -0.2) is 0 Å². The Morgan fingerprint density at radius 1 is 0.762 bits per heavy atom. The Morgan fingerprint density at radius 3 is 2.05 bits per heavy atom. The highest BCUT2D eigenvalue weighted by atomic mass is 35.5. The molecule has 21 heavy (non-hydrogen) atoms. The van der Waals surface area contributed by atoms with E-state index >= 15 is 0 Å². The van der Waals surface area contributed by atoms with E-state index in [0.29, 0.717) is 11.4 Å². The number of hydrogen-bond donors (Lipinski definition) is 1. The van der Waals surface area contributed by atoms with Crippen LogP contribution in [0.4, 0.5) is 0 Å². The molecule has 0 aliphatic rings. The summed E-state index contributed by atoms with van der Waals surface area (Å²) in [6.45, 7) is 0. The summed E-state index contributed by atoms with van der Waals surface area (Å²) >= 11 is 6.39. The first-order valence-corrected chi connectivity index (χ1v) is 7.23. The van der Waals surface area contributed by atoms with Gasteiger partial charge in [0.25, 0.3) is 0 Å². The molecular weight excluding hydrogens is 280 g/mol. The first-order chi connectivity index (χ1) is 10.3. The van der Waals surface area contributed by atoms with Gasteiger partial charge in [-0.2, -0.15) is 0 Å². The third-order valence-electron chi connectivity index (χ3n) is 3.52. The lowest BCUT2D eigenvalue weighted by atomic mass is 9.94. The molecule has 0 aliphatic heterocycles. The van der Waals surface area contributed by atoms with Crippen molar-refractivity contribution in [2.45, 2.75) is 6.42 Å². The molecule has 0 aromatic heterocycles. The summed E-state index contributed by atoms with van der Waals surface area (Å²) in [7, 11) is 0. The maximum atomic E-state index is 10.3. The minimum Gasteiger partial charge on any atom is -0.507 e. The third kappa shape index (κ3) is 2.93. The third-order valence-corrected chi connectivity index (χ3v) is 3.87. The number of hydrogen-bond acceptors (Lipinski definition) is 1. The van der Waals surface area contributed by atoms with E-state index in [0.717, 1.165) is 16.7 Å². The zero-order chi connectivity index (χ0) is 14.7. The molecule has 0 bridgehead atoms. The van der Waals surface area contributed by atoms with Crippen LogP contribution in [0.25, 0.3) is 11.1 Å². The summed E-state index contributed by atoms with van der Waals surface area (Å²) < 4.78 is 0. The molecule has 3 rings (SSSR count). The van der Waals surface area contributed by atoms with Gasteiger partial charge in [0.1, 0.15) is 5.75 Å². The molecule has 0 atom stereocenters. The van der Waals surface area contributed by atoms with Crippen molar-refractivity contribution >= 4 is 11.6 Å². The molecule has 0 fully saturated rings. The van der Waals surface area contributed by atoms with Gasteiger partial charge in [-0.1, -0.05) is 72.3 Å². The molecule has 2 heteroatoms. The van der Waals surface area contributed by atoms with Crippen LogP contribution < -0.4 is 0 Å². The van der Waals surface area contributed by atoms with Crippen LogP contribution in [0.2, 0.25) is 5.02 Å². The Bertz CT molecular complexity index is 736. The van der Waals surface area contributed by atoms with Gasteiger partial charge in [-0.05, 0) is 35.2 Å². The van der Waals surface area contributed by atoms with Crippen molar-refractivity contribution in [3.8, 4) is 16.9 Å². The quantitative estimate of drug-likeness (QED) is 0.694. The van der Waals surface area contributed by atoms with Crippen LogP contribution in [0.15, 0.2) is 72.8 Å². The van der Waals surface area contributed by atoms with E-state index in [1.165, 1.54) is 5.56 Å². The molecule has 0 unspecified atom stereocenters. The molecule has 0 heterocycles. The van der Waals surface area contributed by atoms with Crippen molar-refractivity contribution in [2.75, 3.05) is 0 Å². The highest BCUT2D eigenvalue weighted by molar-refractivity contribution is 6.32. The highest BCUT2D eigenvalue weighted by Crippen LogP contribution is 2.37. The summed E-state index contributed by atoms with van der Waals surface area (Å²) in [6.07, 6.45) is 0.693. The Hall–Kier alpha value is -2.25. The topological polar surface area (TPSA) is 20.2 Å². The Labute approximate surface area is 129 Å². The van der Waals surface area contributed by atoms with Gasteiger partial charge in [0.2, 0.25) is 0 Å². The molecular formula is C19H15ClO. The molecule has 0 radical (unpaired) electrons. The smallest absolute Gasteiger partial charge is 0.123 e. The lowest BCUT2D eigenvalue weighted by Crippen LogP contribution is -1.94. The Balaban J connectivity index is 2.13. The normalized spacial score (nSPS) is 10.5. The molecule has 1 N–H and O–H groups in total. The minimum absolute atomic E-state index is 0.261. The fourth-order valence-electron chi connectivity index (χ4n) is 2.51. The number of aromatic hydroxyl groups is 1. The van der Waals surface area contributed by atoms with Crippen LogP contribution in [0, 0.1) is 0 Å². The van der Waals surface area contributed by atoms with Gasteiger partial charge in [0.05, 0.1) is 0 Å². The van der Waals surface area contributed by atoms with Gasteiger partial charge in [-0.15, -0.1) is 0 Å². The summed E-state index contributed by atoms with van der Waals surface area (Å²) in [5.41, 5.74) is 3.91. The van der Waals surface area contributed by atoms with Gasteiger partial charge in [0.15, 0.2) is 0 Å². The zero-order valence-electron chi connectivity index (χ0n) is 11.5. The lowest BCUT2D eigenvalue weighted by molar-refractivity contribution is 0.477. The highest BCUT2D eigenvalue weighted by Gasteiger charge is 2.14. The number of rotatable bonds is 3. The van der Waals surface area contributed by atoms with Gasteiger partial charge < -0.3 is 5.11 Å². The van der Waals surface area contributed by atoms with E-state index in [1.807, 2.05) is 48.5 Å². The summed E-state index contributed by atoms with van der Waals surface area (Å²) in [5.74, 6) is 0.261. The zero-order valence-corrected chi connectivity index (χ0v) is 12.2. The van der Waals surface area contributed by atoms with Crippen molar-refractivity contribution in [3.63, 3.8) is 0 Å². The molecule has 0 saturated heterocycles. The molecule has 3 aromatic rings. The average molecular weight is 295 g/mol. The van der Waals surface area contributed by atoms with E-state index < -0.39 is 0 Å². The average Bonchev–Trinajstić information content (AvgIpc) is 2.53. The van der Waals surface area contributed by atoms with Gasteiger partial charge >= 0.3 is 0 Å². The second-order valence-electron chi connectivity index (χ2n) is 4.95. The molecule has 0 amide bonds. The maximum absolute atomic E-state index is 10.3. The van der Waals surface area contributed by atoms with Crippen molar-refractivity contribution in [1.29, 1.82) is 0 Å². The molecule has 0 spiro atoms. The Kier molecular flexibility index (Phi) is 3.94. The van der Waals surface area contributed by atoms with Crippen molar-refractivity contribution in [3.05, 3.63) is 88.9 Å². The van der Waals surface area contributed by atoms with E-state index in [4.69, 9.17) is 11.6 Å². The fraction of sp³-hybridized carbons (Fsp3) is 0.0526. The molecule has 3 aromatic carbocycles. The molecule has 0 saturated carbocycles. The fourth-order valence-corrected chi connectivity index (χ4v) is 2.73. The van der Waals surface area contributed by atoms with Crippen molar-refractivity contribution < 1.29 is 5.11 Å². The van der Waals surface area contributed by atoms with Crippen LogP contribution in [0.3, 0.4) is 0 Å². The van der Waals surface area contributed by atoms with E-state index in [2.05, 4.69) is 12.1 Å². The first kappa shape index (κ1) is 13.7. The second kappa shape index (κ2) is 6.02. The maximum Gasteiger partial charge on any atom is 0.123 e. The van der Waals surface area contributed by atoms with E-state index in [-0.39, 0.29) is 5.75 Å². The monoisotopic (exact) mass is 294 g/mol. The summed E-state index contributed by atoms with van der Waals surface area (Å²) in [6, 6.07) is 23.4. The van der Waals surface area contributed by atoms with Crippen molar-refractivity contribution in [1.82, 2.24) is 0 Å². The molecule has 0 aliphatic carbocycles. The largest absolute Gasteiger partial charge is 0.507 e. The van der Waals surface area contributed by atoms with Crippen LogP contribution >= 0.6 is 11.6 Å². The van der Waals surface area contributed by atoms with Crippen LogP contribution in [0.5, 0.6) is 5.75 Å². The second-order valence-corrected chi connectivity index (χ2v) is 5.36. The summed E-state index contributed by atoms with van der Waals surface area (Å²) in [4.78, 5) is 0. The predicted octanol–water partition coefficient (Wildman–Crippen LogP) is 5.30. The Morgan fingerprint density at radius 2 is 1.38 bits per heavy atom. The number of benzene rings is 3. The number of halogens is 1. The molecule has 104 valence electrons. The van der Waals surface area contributed by atoms with Crippen LogP contribution in [0.1, 0.15) is 11.1 Å². The predicted molar refractivity (Wildman–Crippen MR) is 87.8 cm³/mol. The van der Waals surface area contributed by atoms with Crippen LogP contribution in [-0.2, 0) is 6.42 Å². The van der Waals surface area contributed by atoms with Crippen LogP contribution in [-0.4, -0.2) is 5.11 Å². The minimum atomic E-state index is 0.261. The van der Waals surface area contributed by atoms with Gasteiger partial charge in [0, 0.05) is 10.6 Å². The van der Waals surface area contributed by atoms with Gasteiger partial charge in [-0.3, -0.25) is 0 Å². The SMILES string of the molecule is Oc1ccc(Cl)c(Cc2ccccc2)c1-c1ccccc1. The van der Waals surface area contributed by atoms with E-state index in [1.54, 1.807) is 12.1 Å². The first-order valence-electron chi connectivity index (χ1n) is 6.85. The lowest BCUT2D eigenvalue weighted by Gasteiger charge is -2.14.